The Labute approximate surface area is 136 Å². The van der Waals surface area contributed by atoms with Gasteiger partial charge in [-0.15, -0.1) is 0 Å². The number of nitro groups is 1. The lowest BCUT2D eigenvalue weighted by Gasteiger charge is -2.00. The molecule has 0 bridgehead atoms. The summed E-state index contributed by atoms with van der Waals surface area (Å²) in [7, 11) is 0. The molecule has 0 aliphatic heterocycles. The Hall–Kier alpha value is -3.13. The van der Waals surface area contributed by atoms with Gasteiger partial charge in [0.15, 0.2) is 5.82 Å². The minimum Gasteiger partial charge on any atom is -0.258 e. The molecular weight excluding hydrogens is 314 g/mol. The van der Waals surface area contributed by atoms with Crippen LogP contribution in [-0.2, 0) is 0 Å². The van der Waals surface area contributed by atoms with Crippen molar-refractivity contribution in [2.24, 2.45) is 5.10 Å². The smallest absolute Gasteiger partial charge is 0.258 e. The number of aromatic nitrogens is 3. The van der Waals surface area contributed by atoms with E-state index < -0.39 is 4.92 Å². The van der Waals surface area contributed by atoms with E-state index in [1.54, 1.807) is 12.1 Å². The van der Waals surface area contributed by atoms with Crippen LogP contribution < -0.4 is 0 Å². The number of aromatic amines is 1. The van der Waals surface area contributed by atoms with Gasteiger partial charge in [0, 0.05) is 23.3 Å². The molecule has 0 radical (unpaired) electrons. The van der Waals surface area contributed by atoms with E-state index in [0.717, 1.165) is 5.56 Å². The average Bonchev–Trinajstić information content (AvgIpc) is 2.95. The van der Waals surface area contributed by atoms with Gasteiger partial charge in [0.2, 0.25) is 4.77 Å². The highest BCUT2D eigenvalue weighted by molar-refractivity contribution is 7.71. The van der Waals surface area contributed by atoms with E-state index in [1.807, 2.05) is 30.3 Å². The topological polar surface area (TPSA) is 89.1 Å². The van der Waals surface area contributed by atoms with E-state index in [-0.39, 0.29) is 5.69 Å². The maximum absolute atomic E-state index is 10.8. The highest BCUT2D eigenvalue weighted by Gasteiger charge is 2.08. The van der Waals surface area contributed by atoms with Gasteiger partial charge < -0.3 is 0 Å². The summed E-state index contributed by atoms with van der Waals surface area (Å²) < 4.78 is 1.81. The lowest BCUT2D eigenvalue weighted by Crippen LogP contribution is -1.95. The molecule has 2 aromatic carbocycles. The van der Waals surface area contributed by atoms with Gasteiger partial charge in [-0.05, 0) is 12.2 Å². The molecule has 0 aliphatic carbocycles. The van der Waals surface area contributed by atoms with Gasteiger partial charge in [0.25, 0.3) is 5.69 Å². The van der Waals surface area contributed by atoms with E-state index in [2.05, 4.69) is 15.3 Å². The van der Waals surface area contributed by atoms with Crippen molar-refractivity contribution >= 4 is 24.1 Å². The van der Waals surface area contributed by atoms with Gasteiger partial charge in [-0.3, -0.25) is 10.1 Å². The number of hydrogen-bond donors (Lipinski definition) is 1. The Kier molecular flexibility index (Phi) is 4.07. The lowest BCUT2D eigenvalue weighted by molar-refractivity contribution is -0.384. The Morgan fingerprint density at radius 1 is 1.22 bits per heavy atom. The first kappa shape index (κ1) is 14.8. The van der Waals surface area contributed by atoms with Crippen LogP contribution >= 0.6 is 12.2 Å². The van der Waals surface area contributed by atoms with Crippen molar-refractivity contribution in [2.75, 3.05) is 0 Å². The molecule has 114 valence electrons. The molecule has 0 aliphatic rings. The van der Waals surface area contributed by atoms with Crippen LogP contribution in [0.3, 0.4) is 0 Å². The fourth-order valence-corrected chi connectivity index (χ4v) is 2.20. The normalized spacial score (nSPS) is 11.0. The van der Waals surface area contributed by atoms with Crippen LogP contribution in [0, 0.1) is 14.9 Å². The van der Waals surface area contributed by atoms with E-state index in [0.29, 0.717) is 16.2 Å². The highest BCUT2D eigenvalue weighted by Crippen LogP contribution is 2.17. The quantitative estimate of drug-likeness (QED) is 0.344. The molecule has 0 atom stereocenters. The average molecular weight is 325 g/mol. The summed E-state index contributed by atoms with van der Waals surface area (Å²) in [5.74, 6) is 0.567. The van der Waals surface area contributed by atoms with E-state index >= 15 is 0 Å². The zero-order valence-electron chi connectivity index (χ0n) is 11.8. The third-order valence-corrected chi connectivity index (χ3v) is 3.35. The molecule has 0 unspecified atom stereocenters. The van der Waals surface area contributed by atoms with Crippen LogP contribution in [0.1, 0.15) is 5.56 Å². The second kappa shape index (κ2) is 6.32. The SMILES string of the molecule is O=[N+]([O-])c1cccc(C=Nn2c(-c3ccccc3)n[nH]c2=S)c1. The van der Waals surface area contributed by atoms with E-state index in [4.69, 9.17) is 12.2 Å². The maximum atomic E-state index is 10.8. The molecule has 1 aromatic heterocycles. The van der Waals surface area contributed by atoms with Gasteiger partial charge in [-0.2, -0.15) is 14.9 Å². The van der Waals surface area contributed by atoms with Crippen molar-refractivity contribution in [3.05, 3.63) is 75.0 Å². The fourth-order valence-electron chi connectivity index (χ4n) is 2.02. The summed E-state index contributed by atoms with van der Waals surface area (Å²) in [4.78, 5) is 10.4. The highest BCUT2D eigenvalue weighted by atomic mass is 32.1. The summed E-state index contributed by atoms with van der Waals surface area (Å²) in [6, 6.07) is 15.7. The lowest BCUT2D eigenvalue weighted by atomic mass is 10.2. The second-order valence-electron chi connectivity index (χ2n) is 4.63. The monoisotopic (exact) mass is 325 g/mol. The van der Waals surface area contributed by atoms with Crippen molar-refractivity contribution < 1.29 is 4.92 Å². The number of H-pyrrole nitrogens is 1. The Morgan fingerprint density at radius 2 is 2.00 bits per heavy atom. The van der Waals surface area contributed by atoms with Crippen molar-refractivity contribution in [3.63, 3.8) is 0 Å². The first-order valence-corrected chi connectivity index (χ1v) is 7.07. The van der Waals surface area contributed by atoms with Crippen LogP contribution in [-0.4, -0.2) is 26.0 Å². The zero-order chi connectivity index (χ0) is 16.2. The number of nitrogens with one attached hydrogen (secondary N) is 1. The van der Waals surface area contributed by atoms with Gasteiger partial charge in [0.05, 0.1) is 11.1 Å². The van der Waals surface area contributed by atoms with Crippen molar-refractivity contribution in [2.45, 2.75) is 0 Å². The predicted octanol–water partition coefficient (Wildman–Crippen LogP) is 3.40. The molecule has 0 amide bonds. The number of non-ortho nitro benzene ring substituents is 1. The maximum Gasteiger partial charge on any atom is 0.270 e. The Bertz CT molecular complexity index is 930. The van der Waals surface area contributed by atoms with Crippen LogP contribution in [0.2, 0.25) is 0 Å². The van der Waals surface area contributed by atoms with E-state index in [1.165, 1.54) is 23.0 Å². The van der Waals surface area contributed by atoms with Gasteiger partial charge in [0.1, 0.15) is 0 Å². The van der Waals surface area contributed by atoms with Crippen LogP contribution in [0.5, 0.6) is 0 Å². The molecule has 1 N–H and O–H groups in total. The van der Waals surface area contributed by atoms with Gasteiger partial charge >= 0.3 is 0 Å². The van der Waals surface area contributed by atoms with Crippen molar-refractivity contribution in [3.8, 4) is 11.4 Å². The minimum absolute atomic E-state index is 0.00743. The third kappa shape index (κ3) is 3.22. The van der Waals surface area contributed by atoms with Crippen LogP contribution in [0.15, 0.2) is 59.7 Å². The number of rotatable bonds is 4. The molecule has 3 rings (SSSR count). The van der Waals surface area contributed by atoms with Crippen molar-refractivity contribution in [1.82, 2.24) is 14.9 Å². The summed E-state index contributed by atoms with van der Waals surface area (Å²) in [5.41, 5.74) is 1.46. The molecular formula is C15H11N5O2S. The largest absolute Gasteiger partial charge is 0.270 e. The molecule has 0 spiro atoms. The Morgan fingerprint density at radius 3 is 2.74 bits per heavy atom. The summed E-state index contributed by atoms with van der Waals surface area (Å²) in [6.45, 7) is 0. The van der Waals surface area contributed by atoms with Gasteiger partial charge in [-0.25, -0.2) is 5.10 Å². The number of hydrogen-bond acceptors (Lipinski definition) is 5. The predicted molar refractivity (Wildman–Crippen MR) is 88.9 cm³/mol. The summed E-state index contributed by atoms with van der Waals surface area (Å²) in [5, 5.41) is 22.0. The summed E-state index contributed by atoms with van der Waals surface area (Å²) >= 11 is 5.18. The first-order valence-electron chi connectivity index (χ1n) is 6.67. The molecule has 0 fully saturated rings. The number of nitrogens with zero attached hydrogens (tertiary/aromatic N) is 4. The second-order valence-corrected chi connectivity index (χ2v) is 5.01. The van der Waals surface area contributed by atoms with Gasteiger partial charge in [-0.1, -0.05) is 42.5 Å². The minimum atomic E-state index is -0.448. The molecule has 0 saturated heterocycles. The fraction of sp³-hybridized carbons (Fsp3) is 0. The van der Waals surface area contributed by atoms with E-state index in [9.17, 15) is 10.1 Å². The zero-order valence-corrected chi connectivity index (χ0v) is 12.6. The molecule has 0 saturated carbocycles. The molecule has 7 nitrogen and oxygen atoms in total. The summed E-state index contributed by atoms with van der Waals surface area (Å²) in [6.07, 6.45) is 1.50. The van der Waals surface area contributed by atoms with Crippen molar-refractivity contribution in [1.29, 1.82) is 0 Å². The van der Waals surface area contributed by atoms with Crippen LogP contribution in [0.25, 0.3) is 11.4 Å². The molecule has 3 aromatic rings. The third-order valence-electron chi connectivity index (χ3n) is 3.09. The standard InChI is InChI=1S/C15H11N5O2S/c21-20(22)13-8-4-5-11(9-13)10-16-19-14(17-18-15(19)23)12-6-2-1-3-7-12/h1-10H,(H,18,23). The Balaban J connectivity index is 1.98. The van der Waals surface area contributed by atoms with Crippen LogP contribution in [0.4, 0.5) is 5.69 Å². The molecule has 23 heavy (non-hydrogen) atoms. The first-order chi connectivity index (χ1) is 11.1. The number of nitro benzene ring substituents is 1. The number of benzene rings is 2. The molecule has 8 heteroatoms. The molecule has 1 heterocycles.